The van der Waals surface area contributed by atoms with Crippen LogP contribution < -0.4 is 10.4 Å². The molecule has 4 rings (SSSR count). The molecule has 2 aromatic rings. The van der Waals surface area contributed by atoms with E-state index in [-0.39, 0.29) is 23.5 Å². The van der Waals surface area contributed by atoms with E-state index in [4.69, 9.17) is 9.15 Å². The number of carboxylic acids is 1. The van der Waals surface area contributed by atoms with Crippen LogP contribution in [0.4, 0.5) is 0 Å². The maximum Gasteiger partial charge on any atom is 0.340 e. The predicted molar refractivity (Wildman–Crippen MR) is 106 cm³/mol. The Morgan fingerprint density at radius 3 is 2.79 bits per heavy atom. The number of aryl methyl sites for hydroxylation is 2. The summed E-state index contributed by atoms with van der Waals surface area (Å²) in [6.45, 7) is 6.26. The molecule has 154 valence electrons. The number of hydrogen-bond donors (Lipinski definition) is 1. The first-order valence-corrected chi connectivity index (χ1v) is 9.97. The van der Waals surface area contributed by atoms with Gasteiger partial charge in [0.15, 0.2) is 0 Å². The molecule has 1 aromatic heterocycles. The van der Waals surface area contributed by atoms with Crippen LogP contribution in [0.3, 0.4) is 0 Å². The van der Waals surface area contributed by atoms with E-state index in [1.807, 2.05) is 19.9 Å². The molecule has 1 aromatic carbocycles. The Kier molecular flexibility index (Phi) is 4.63. The Bertz CT molecular complexity index is 1070. The summed E-state index contributed by atoms with van der Waals surface area (Å²) in [4.78, 5) is 38.1. The first-order chi connectivity index (χ1) is 13.7. The van der Waals surface area contributed by atoms with Gasteiger partial charge in [0.05, 0.1) is 12.0 Å². The molecule has 3 heterocycles. The summed E-state index contributed by atoms with van der Waals surface area (Å²) >= 11 is 0. The molecule has 0 radical (unpaired) electrons. The molecular formula is C22H25NO6. The van der Waals surface area contributed by atoms with Gasteiger partial charge in [-0.1, -0.05) is 0 Å². The zero-order valence-electron chi connectivity index (χ0n) is 16.9. The molecule has 1 fully saturated rings. The Hall–Kier alpha value is -2.83. The van der Waals surface area contributed by atoms with Gasteiger partial charge in [-0.3, -0.25) is 4.79 Å². The summed E-state index contributed by atoms with van der Waals surface area (Å²) < 4.78 is 11.5. The van der Waals surface area contributed by atoms with Gasteiger partial charge in [-0.2, -0.15) is 0 Å². The number of amides is 1. The predicted octanol–water partition coefficient (Wildman–Crippen LogP) is 2.82. The maximum absolute atomic E-state index is 12.7. The Labute approximate surface area is 168 Å². The van der Waals surface area contributed by atoms with Crippen molar-refractivity contribution >= 4 is 22.8 Å². The molecule has 2 aliphatic rings. The van der Waals surface area contributed by atoms with Crippen molar-refractivity contribution in [2.45, 2.75) is 64.5 Å². The van der Waals surface area contributed by atoms with E-state index in [0.717, 1.165) is 29.5 Å². The quantitative estimate of drug-likeness (QED) is 0.797. The fraction of sp³-hybridized carbons (Fsp3) is 0.500. The number of nitrogens with zero attached hydrogens (tertiary/aromatic N) is 1. The number of carbonyl (C=O) groups is 2. The summed E-state index contributed by atoms with van der Waals surface area (Å²) in [5, 5.41) is 10.1. The SMILES string of the molecule is Cc1c(CC(=O)N2CCC[C@H]2C(=O)O)c(=O)oc2cc3c(cc12)CCC(C)(C)O3. The smallest absolute Gasteiger partial charge is 0.340 e. The highest BCUT2D eigenvalue weighted by Gasteiger charge is 2.34. The minimum absolute atomic E-state index is 0.158. The fourth-order valence-electron chi connectivity index (χ4n) is 4.31. The maximum atomic E-state index is 12.7. The second kappa shape index (κ2) is 6.90. The normalized spacial score (nSPS) is 20.4. The van der Waals surface area contributed by atoms with Gasteiger partial charge in [0.25, 0.3) is 0 Å². The second-order valence-electron chi connectivity index (χ2n) is 8.57. The van der Waals surface area contributed by atoms with Crippen LogP contribution in [0.1, 0.15) is 49.8 Å². The van der Waals surface area contributed by atoms with Crippen LogP contribution in [-0.2, 0) is 22.4 Å². The van der Waals surface area contributed by atoms with Crippen LogP contribution in [0.25, 0.3) is 11.0 Å². The second-order valence-corrected chi connectivity index (χ2v) is 8.57. The summed E-state index contributed by atoms with van der Waals surface area (Å²) in [6, 6.07) is 2.91. The lowest BCUT2D eigenvalue weighted by Gasteiger charge is -2.32. The number of likely N-dealkylation sites (tertiary alicyclic amines) is 1. The van der Waals surface area contributed by atoms with Gasteiger partial charge in [0, 0.05) is 18.0 Å². The molecule has 0 aliphatic carbocycles. The van der Waals surface area contributed by atoms with Crippen molar-refractivity contribution in [1.82, 2.24) is 4.90 Å². The Morgan fingerprint density at radius 1 is 1.31 bits per heavy atom. The minimum Gasteiger partial charge on any atom is -0.487 e. The Balaban J connectivity index is 1.70. The lowest BCUT2D eigenvalue weighted by Crippen LogP contribution is -2.41. The van der Waals surface area contributed by atoms with Crippen LogP contribution in [0.2, 0.25) is 0 Å². The van der Waals surface area contributed by atoms with E-state index < -0.39 is 17.6 Å². The molecule has 1 saturated heterocycles. The van der Waals surface area contributed by atoms with Gasteiger partial charge in [0.2, 0.25) is 5.91 Å². The van der Waals surface area contributed by atoms with E-state index in [0.29, 0.717) is 30.5 Å². The highest BCUT2D eigenvalue weighted by atomic mass is 16.5. The van der Waals surface area contributed by atoms with Crippen LogP contribution in [-0.4, -0.2) is 40.1 Å². The van der Waals surface area contributed by atoms with Crippen molar-refractivity contribution < 1.29 is 23.8 Å². The number of carbonyl (C=O) groups excluding carboxylic acids is 1. The molecular weight excluding hydrogens is 374 g/mol. The third-order valence-electron chi connectivity index (χ3n) is 6.04. The highest BCUT2D eigenvalue weighted by Crippen LogP contribution is 2.36. The summed E-state index contributed by atoms with van der Waals surface area (Å²) in [6.07, 6.45) is 2.68. The molecule has 1 N–H and O–H groups in total. The third-order valence-corrected chi connectivity index (χ3v) is 6.04. The van der Waals surface area contributed by atoms with E-state index in [9.17, 15) is 19.5 Å². The number of ether oxygens (including phenoxy) is 1. The standard InChI is InChI=1S/C22H25NO6/c1-12-14-9-13-6-7-22(2,3)29-17(13)11-18(14)28-21(27)15(12)10-19(24)23-8-4-5-16(23)20(25)26/h9,11,16H,4-8,10H2,1-3H3,(H,25,26)/t16-/m0/s1. The highest BCUT2D eigenvalue weighted by molar-refractivity contribution is 5.88. The molecule has 29 heavy (non-hydrogen) atoms. The van der Waals surface area contributed by atoms with Crippen LogP contribution in [0.5, 0.6) is 5.75 Å². The van der Waals surface area contributed by atoms with Gasteiger partial charge < -0.3 is 19.2 Å². The lowest BCUT2D eigenvalue weighted by molar-refractivity contribution is -0.148. The number of benzene rings is 1. The van der Waals surface area contributed by atoms with E-state index >= 15 is 0 Å². The summed E-state index contributed by atoms with van der Waals surface area (Å²) in [7, 11) is 0. The molecule has 0 saturated carbocycles. The van der Waals surface area contributed by atoms with E-state index in [1.165, 1.54) is 4.90 Å². The average molecular weight is 399 g/mol. The van der Waals surface area contributed by atoms with Crippen molar-refractivity contribution in [3.05, 3.63) is 39.2 Å². The summed E-state index contributed by atoms with van der Waals surface area (Å²) in [5.74, 6) is -0.637. The van der Waals surface area contributed by atoms with Crippen molar-refractivity contribution in [3.63, 3.8) is 0 Å². The number of fused-ring (bicyclic) bond motifs is 2. The van der Waals surface area contributed by atoms with Gasteiger partial charge in [-0.05, 0) is 63.6 Å². The van der Waals surface area contributed by atoms with Gasteiger partial charge in [-0.15, -0.1) is 0 Å². The molecule has 2 aliphatic heterocycles. The number of hydrogen-bond acceptors (Lipinski definition) is 5. The van der Waals surface area contributed by atoms with Crippen molar-refractivity contribution in [2.75, 3.05) is 6.54 Å². The zero-order valence-corrected chi connectivity index (χ0v) is 16.9. The monoisotopic (exact) mass is 399 g/mol. The average Bonchev–Trinajstić information content (AvgIpc) is 3.13. The van der Waals surface area contributed by atoms with Crippen molar-refractivity contribution in [1.29, 1.82) is 0 Å². The van der Waals surface area contributed by atoms with Gasteiger partial charge >= 0.3 is 11.6 Å². The van der Waals surface area contributed by atoms with Crippen LogP contribution in [0.15, 0.2) is 21.3 Å². The lowest BCUT2D eigenvalue weighted by atomic mass is 9.92. The Morgan fingerprint density at radius 2 is 2.07 bits per heavy atom. The number of aliphatic carboxylic acids is 1. The van der Waals surface area contributed by atoms with Gasteiger partial charge in [-0.25, -0.2) is 9.59 Å². The molecule has 0 bridgehead atoms. The first kappa shape index (κ1) is 19.5. The van der Waals surface area contributed by atoms with Crippen molar-refractivity contribution in [3.8, 4) is 5.75 Å². The van der Waals surface area contributed by atoms with Crippen LogP contribution in [0, 0.1) is 6.92 Å². The topological polar surface area (TPSA) is 97.1 Å². The van der Waals surface area contributed by atoms with Gasteiger partial charge in [0.1, 0.15) is 23.0 Å². The molecule has 7 nitrogen and oxygen atoms in total. The molecule has 0 unspecified atom stereocenters. The van der Waals surface area contributed by atoms with Crippen molar-refractivity contribution in [2.24, 2.45) is 0 Å². The summed E-state index contributed by atoms with van der Waals surface area (Å²) in [5.41, 5.74) is 1.64. The van der Waals surface area contributed by atoms with Crippen LogP contribution >= 0.6 is 0 Å². The largest absolute Gasteiger partial charge is 0.487 e. The minimum atomic E-state index is -1.01. The third kappa shape index (κ3) is 3.50. The zero-order chi connectivity index (χ0) is 20.9. The molecule has 1 amide bonds. The molecule has 1 atom stereocenters. The van der Waals surface area contributed by atoms with E-state index in [1.54, 1.807) is 13.0 Å². The van der Waals surface area contributed by atoms with E-state index in [2.05, 4.69) is 0 Å². The number of rotatable bonds is 3. The first-order valence-electron chi connectivity index (χ1n) is 9.97. The molecule has 7 heteroatoms. The fourth-order valence-corrected chi connectivity index (χ4v) is 4.31. The number of carboxylic acid groups (broad SMARTS) is 1. The molecule has 0 spiro atoms.